The molecular weight excluding hydrogens is 316 g/mol. The van der Waals surface area contributed by atoms with Crippen molar-refractivity contribution in [1.29, 1.82) is 0 Å². The monoisotopic (exact) mass is 326 g/mol. The second kappa shape index (κ2) is 5.71. The van der Waals surface area contributed by atoms with Crippen molar-refractivity contribution >= 4 is 33.0 Å². The van der Waals surface area contributed by atoms with Gasteiger partial charge in [-0.15, -0.1) is 0 Å². The van der Waals surface area contributed by atoms with Crippen molar-refractivity contribution in [2.24, 2.45) is 0 Å². The summed E-state index contributed by atoms with van der Waals surface area (Å²) in [6, 6.07) is 9.76. The number of aryl methyl sites for hydroxylation is 1. The summed E-state index contributed by atoms with van der Waals surface area (Å²) in [5, 5.41) is 10.8. The second-order valence-corrected chi connectivity index (χ2v) is 6.43. The van der Waals surface area contributed by atoms with Crippen LogP contribution in [0.25, 0.3) is 0 Å². The SMILES string of the molecule is Cc1ccc(S(=O)(=O)Nc2cc([N+](=O)[O-])ccc2Cl)cc1. The van der Waals surface area contributed by atoms with Crippen LogP contribution in [0.2, 0.25) is 5.02 Å². The number of halogens is 1. The number of hydrogen-bond acceptors (Lipinski definition) is 4. The van der Waals surface area contributed by atoms with Gasteiger partial charge in [-0.05, 0) is 25.1 Å². The molecule has 0 atom stereocenters. The molecule has 8 heteroatoms. The molecule has 0 amide bonds. The number of nitrogens with zero attached hydrogens (tertiary/aromatic N) is 1. The lowest BCUT2D eigenvalue weighted by molar-refractivity contribution is -0.384. The fraction of sp³-hybridized carbons (Fsp3) is 0.0769. The van der Waals surface area contributed by atoms with Gasteiger partial charge in [-0.3, -0.25) is 14.8 Å². The van der Waals surface area contributed by atoms with Crippen LogP contribution in [0.15, 0.2) is 47.4 Å². The Morgan fingerprint density at radius 1 is 1.14 bits per heavy atom. The summed E-state index contributed by atoms with van der Waals surface area (Å²) in [5.74, 6) is 0. The highest BCUT2D eigenvalue weighted by Crippen LogP contribution is 2.28. The minimum atomic E-state index is -3.85. The first-order valence-electron chi connectivity index (χ1n) is 5.83. The molecule has 110 valence electrons. The smallest absolute Gasteiger partial charge is 0.271 e. The number of hydrogen-bond donors (Lipinski definition) is 1. The van der Waals surface area contributed by atoms with Gasteiger partial charge in [0.1, 0.15) is 0 Å². The van der Waals surface area contributed by atoms with E-state index in [0.717, 1.165) is 11.6 Å². The third-order valence-electron chi connectivity index (χ3n) is 2.74. The molecule has 0 unspecified atom stereocenters. The van der Waals surface area contributed by atoms with E-state index in [1.165, 1.54) is 24.3 Å². The van der Waals surface area contributed by atoms with E-state index in [2.05, 4.69) is 4.72 Å². The van der Waals surface area contributed by atoms with E-state index >= 15 is 0 Å². The van der Waals surface area contributed by atoms with Crippen LogP contribution < -0.4 is 4.72 Å². The lowest BCUT2D eigenvalue weighted by Gasteiger charge is -2.09. The van der Waals surface area contributed by atoms with Gasteiger partial charge < -0.3 is 0 Å². The Morgan fingerprint density at radius 3 is 2.33 bits per heavy atom. The third kappa shape index (κ3) is 3.50. The Kier molecular flexibility index (Phi) is 4.15. The lowest BCUT2D eigenvalue weighted by atomic mass is 10.2. The summed E-state index contributed by atoms with van der Waals surface area (Å²) < 4.78 is 26.7. The Labute approximate surface area is 126 Å². The molecule has 2 aromatic rings. The first-order chi connectivity index (χ1) is 9.79. The maximum absolute atomic E-state index is 12.2. The average molecular weight is 327 g/mol. The van der Waals surface area contributed by atoms with E-state index in [1.54, 1.807) is 12.1 Å². The highest BCUT2D eigenvalue weighted by atomic mass is 35.5. The normalized spacial score (nSPS) is 11.1. The van der Waals surface area contributed by atoms with Gasteiger partial charge in [0.25, 0.3) is 15.7 Å². The Bertz CT molecular complexity index is 788. The number of anilines is 1. The summed E-state index contributed by atoms with van der Waals surface area (Å²) in [6.45, 7) is 1.83. The number of nitrogens with one attached hydrogen (secondary N) is 1. The largest absolute Gasteiger partial charge is 0.278 e. The van der Waals surface area contributed by atoms with E-state index in [-0.39, 0.29) is 21.3 Å². The Balaban J connectivity index is 2.38. The summed E-state index contributed by atoms with van der Waals surface area (Å²) in [4.78, 5) is 10.1. The van der Waals surface area contributed by atoms with E-state index in [0.29, 0.717) is 0 Å². The summed E-state index contributed by atoms with van der Waals surface area (Å²) in [6.07, 6.45) is 0. The van der Waals surface area contributed by atoms with Crippen molar-refractivity contribution in [2.75, 3.05) is 4.72 Å². The molecule has 0 saturated carbocycles. The molecule has 2 rings (SSSR count). The van der Waals surface area contributed by atoms with Crippen molar-refractivity contribution in [1.82, 2.24) is 0 Å². The third-order valence-corrected chi connectivity index (χ3v) is 4.45. The predicted molar refractivity (Wildman–Crippen MR) is 80.1 cm³/mol. The molecule has 2 aromatic carbocycles. The Morgan fingerprint density at radius 2 is 1.76 bits per heavy atom. The number of nitro groups is 1. The van der Waals surface area contributed by atoms with Crippen molar-refractivity contribution in [3.63, 3.8) is 0 Å². The van der Waals surface area contributed by atoms with Crippen molar-refractivity contribution in [3.8, 4) is 0 Å². The van der Waals surface area contributed by atoms with Gasteiger partial charge in [0.15, 0.2) is 0 Å². The molecular formula is C13H11ClN2O4S. The van der Waals surface area contributed by atoms with Gasteiger partial charge in [-0.2, -0.15) is 0 Å². The molecule has 21 heavy (non-hydrogen) atoms. The maximum Gasteiger partial charge on any atom is 0.271 e. The van der Waals surface area contributed by atoms with Crippen LogP contribution in [-0.2, 0) is 10.0 Å². The second-order valence-electron chi connectivity index (χ2n) is 4.34. The van der Waals surface area contributed by atoms with Crippen LogP contribution in [-0.4, -0.2) is 13.3 Å². The number of rotatable bonds is 4. The van der Waals surface area contributed by atoms with Crippen LogP contribution in [0.1, 0.15) is 5.56 Å². The van der Waals surface area contributed by atoms with Crippen molar-refractivity contribution in [3.05, 3.63) is 63.2 Å². The molecule has 6 nitrogen and oxygen atoms in total. The zero-order valence-electron chi connectivity index (χ0n) is 10.9. The zero-order chi connectivity index (χ0) is 15.6. The first-order valence-corrected chi connectivity index (χ1v) is 7.69. The molecule has 0 aliphatic heterocycles. The van der Waals surface area contributed by atoms with E-state index in [4.69, 9.17) is 11.6 Å². The number of benzene rings is 2. The molecule has 0 bridgehead atoms. The van der Waals surface area contributed by atoms with E-state index in [9.17, 15) is 18.5 Å². The summed E-state index contributed by atoms with van der Waals surface area (Å²) in [5.41, 5.74) is 0.634. The van der Waals surface area contributed by atoms with Gasteiger partial charge in [-0.25, -0.2) is 8.42 Å². The molecule has 0 spiro atoms. The molecule has 0 heterocycles. The average Bonchev–Trinajstić information content (AvgIpc) is 2.41. The molecule has 0 aliphatic carbocycles. The van der Waals surface area contributed by atoms with Crippen LogP contribution in [0, 0.1) is 17.0 Å². The zero-order valence-corrected chi connectivity index (χ0v) is 12.5. The van der Waals surface area contributed by atoms with Gasteiger partial charge >= 0.3 is 0 Å². The minimum absolute atomic E-state index is 0.0357. The maximum atomic E-state index is 12.2. The standard InChI is InChI=1S/C13H11ClN2O4S/c1-9-2-5-11(6-3-9)21(19,20)15-13-8-10(16(17)18)4-7-12(13)14/h2-8,15H,1H3. The van der Waals surface area contributed by atoms with E-state index < -0.39 is 14.9 Å². The van der Waals surface area contributed by atoms with Crippen LogP contribution in [0.5, 0.6) is 0 Å². The van der Waals surface area contributed by atoms with E-state index in [1.807, 2.05) is 6.92 Å². The highest BCUT2D eigenvalue weighted by Gasteiger charge is 2.17. The Hall–Kier alpha value is -2.12. The molecule has 0 saturated heterocycles. The van der Waals surface area contributed by atoms with Gasteiger partial charge in [0.05, 0.1) is 20.5 Å². The topological polar surface area (TPSA) is 89.3 Å². The van der Waals surface area contributed by atoms with Crippen LogP contribution >= 0.6 is 11.6 Å². The van der Waals surface area contributed by atoms with Crippen LogP contribution in [0.4, 0.5) is 11.4 Å². The fourth-order valence-corrected chi connectivity index (χ4v) is 2.92. The summed E-state index contributed by atoms with van der Waals surface area (Å²) in [7, 11) is -3.85. The number of nitro benzene ring substituents is 1. The van der Waals surface area contributed by atoms with Gasteiger partial charge in [-0.1, -0.05) is 29.3 Å². The van der Waals surface area contributed by atoms with Crippen LogP contribution in [0.3, 0.4) is 0 Å². The highest BCUT2D eigenvalue weighted by molar-refractivity contribution is 7.92. The molecule has 0 aliphatic rings. The van der Waals surface area contributed by atoms with Crippen molar-refractivity contribution < 1.29 is 13.3 Å². The minimum Gasteiger partial charge on any atom is -0.278 e. The quantitative estimate of drug-likeness (QED) is 0.689. The molecule has 1 N–H and O–H groups in total. The fourth-order valence-electron chi connectivity index (χ4n) is 1.63. The number of sulfonamides is 1. The predicted octanol–water partition coefficient (Wildman–Crippen LogP) is 3.36. The molecule has 0 radical (unpaired) electrons. The summed E-state index contributed by atoms with van der Waals surface area (Å²) >= 11 is 5.87. The lowest BCUT2D eigenvalue weighted by Crippen LogP contribution is -2.13. The first kappa shape index (κ1) is 15.3. The van der Waals surface area contributed by atoms with Gasteiger partial charge in [0.2, 0.25) is 0 Å². The molecule has 0 aromatic heterocycles. The number of non-ortho nitro benzene ring substituents is 1. The van der Waals surface area contributed by atoms with Crippen molar-refractivity contribution in [2.45, 2.75) is 11.8 Å². The molecule has 0 fully saturated rings. The van der Waals surface area contributed by atoms with Gasteiger partial charge in [0, 0.05) is 12.1 Å².